The molecule has 6 heteroatoms. The van der Waals surface area contributed by atoms with Crippen LogP contribution < -0.4 is 5.32 Å². The van der Waals surface area contributed by atoms with Gasteiger partial charge in [0.15, 0.2) is 0 Å². The van der Waals surface area contributed by atoms with Crippen LogP contribution in [0, 0.1) is 0 Å². The van der Waals surface area contributed by atoms with Gasteiger partial charge in [-0.15, -0.1) is 0 Å². The van der Waals surface area contributed by atoms with Crippen molar-refractivity contribution < 1.29 is 18.1 Å². The van der Waals surface area contributed by atoms with Gasteiger partial charge < -0.3 is 5.11 Å². The van der Waals surface area contributed by atoms with Crippen molar-refractivity contribution in [3.8, 4) is 0 Å². The predicted molar refractivity (Wildman–Crippen MR) is 40.7 cm³/mol. The van der Waals surface area contributed by atoms with E-state index in [1.165, 1.54) is 0 Å². The van der Waals surface area contributed by atoms with Crippen molar-refractivity contribution in [1.82, 2.24) is 5.32 Å². The summed E-state index contributed by atoms with van der Waals surface area (Å²) in [6, 6.07) is 0. The van der Waals surface area contributed by atoms with Crippen molar-refractivity contribution in [2.75, 3.05) is 12.5 Å². The molecule has 0 amide bonds. The summed E-state index contributed by atoms with van der Waals surface area (Å²) < 4.78 is 28.7. The molecule has 0 spiro atoms. The Morgan fingerprint density at radius 3 is 2.18 bits per heavy atom. The second kappa shape index (κ2) is 3.48. The van der Waals surface area contributed by atoms with Gasteiger partial charge in [0.25, 0.3) is 10.1 Å². The first-order chi connectivity index (χ1) is 4.77. The highest BCUT2D eigenvalue weighted by atomic mass is 32.2. The molecule has 0 aliphatic rings. The molecular formula is C5H13NO4S. The highest BCUT2D eigenvalue weighted by molar-refractivity contribution is 7.85. The smallest absolute Gasteiger partial charge is 0.278 e. The van der Waals surface area contributed by atoms with Gasteiger partial charge >= 0.3 is 0 Å². The first-order valence-corrected chi connectivity index (χ1v) is 4.69. The van der Waals surface area contributed by atoms with Gasteiger partial charge in [-0.05, 0) is 13.8 Å². The van der Waals surface area contributed by atoms with Gasteiger partial charge in [0.05, 0.1) is 6.61 Å². The predicted octanol–water partition coefficient (Wildman–Crippen LogP) is -0.808. The van der Waals surface area contributed by atoms with Gasteiger partial charge in [0.1, 0.15) is 5.88 Å². The molecule has 0 saturated carbocycles. The van der Waals surface area contributed by atoms with E-state index in [0.29, 0.717) is 0 Å². The molecule has 0 aromatic rings. The molecule has 0 radical (unpaired) electrons. The molecule has 0 aliphatic heterocycles. The van der Waals surface area contributed by atoms with E-state index in [1.54, 1.807) is 13.8 Å². The summed E-state index contributed by atoms with van der Waals surface area (Å²) in [6.45, 7) is 3.05. The average Bonchev–Trinajstić information content (AvgIpc) is 1.83. The van der Waals surface area contributed by atoms with Gasteiger partial charge in [0.2, 0.25) is 0 Å². The molecule has 0 unspecified atom stereocenters. The topological polar surface area (TPSA) is 86.6 Å². The molecule has 68 valence electrons. The zero-order valence-electron chi connectivity index (χ0n) is 6.53. The summed E-state index contributed by atoms with van der Waals surface area (Å²) in [6.07, 6.45) is 0. The monoisotopic (exact) mass is 183 g/mol. The normalized spacial score (nSPS) is 13.5. The van der Waals surface area contributed by atoms with Crippen LogP contribution in [0.2, 0.25) is 0 Å². The van der Waals surface area contributed by atoms with Crippen LogP contribution in [0.3, 0.4) is 0 Å². The van der Waals surface area contributed by atoms with Crippen LogP contribution in [0.15, 0.2) is 0 Å². The minimum Gasteiger partial charge on any atom is -0.394 e. The molecule has 0 bridgehead atoms. The Kier molecular flexibility index (Phi) is 3.43. The fourth-order valence-corrected chi connectivity index (χ4v) is 0.916. The van der Waals surface area contributed by atoms with E-state index < -0.39 is 21.5 Å². The Balaban J connectivity index is 3.90. The maximum absolute atomic E-state index is 10.2. The minimum absolute atomic E-state index is 0.192. The zero-order chi connectivity index (χ0) is 9.12. The lowest BCUT2D eigenvalue weighted by Crippen LogP contribution is -2.44. The molecule has 3 N–H and O–H groups in total. The van der Waals surface area contributed by atoms with E-state index in [4.69, 9.17) is 9.66 Å². The largest absolute Gasteiger partial charge is 0.394 e. The zero-order valence-corrected chi connectivity index (χ0v) is 7.35. The van der Waals surface area contributed by atoms with Crippen LogP contribution in [0.4, 0.5) is 0 Å². The van der Waals surface area contributed by atoms with E-state index in [1.807, 2.05) is 0 Å². The molecule has 0 atom stereocenters. The number of aliphatic hydroxyl groups is 1. The fraction of sp³-hybridized carbons (Fsp3) is 1.00. The van der Waals surface area contributed by atoms with Gasteiger partial charge in [-0.1, -0.05) is 0 Å². The first kappa shape index (κ1) is 10.8. The lowest BCUT2D eigenvalue weighted by molar-refractivity contribution is 0.194. The molecule has 0 aliphatic carbocycles. The van der Waals surface area contributed by atoms with Crippen LogP contribution in [-0.4, -0.2) is 36.1 Å². The Labute approximate surface area is 66.2 Å². The Hall–Kier alpha value is -0.170. The van der Waals surface area contributed by atoms with Crippen molar-refractivity contribution >= 4 is 10.1 Å². The molecule has 0 aromatic carbocycles. The quantitative estimate of drug-likeness (QED) is 0.496. The van der Waals surface area contributed by atoms with E-state index in [2.05, 4.69) is 5.32 Å². The SMILES string of the molecule is CC(C)(CO)NCS(=O)(=O)O. The van der Waals surface area contributed by atoms with Crippen molar-refractivity contribution in [1.29, 1.82) is 0 Å². The number of rotatable bonds is 4. The highest BCUT2D eigenvalue weighted by Gasteiger charge is 2.17. The van der Waals surface area contributed by atoms with Crippen LogP contribution in [0.1, 0.15) is 13.8 Å². The number of hydrogen-bond donors (Lipinski definition) is 3. The lowest BCUT2D eigenvalue weighted by atomic mass is 10.1. The minimum atomic E-state index is -3.99. The first-order valence-electron chi connectivity index (χ1n) is 3.08. The third-order valence-electron chi connectivity index (χ3n) is 1.13. The van der Waals surface area contributed by atoms with Gasteiger partial charge in [-0.25, -0.2) is 0 Å². The molecule has 0 rings (SSSR count). The highest BCUT2D eigenvalue weighted by Crippen LogP contribution is 1.99. The van der Waals surface area contributed by atoms with Gasteiger partial charge in [0, 0.05) is 5.54 Å². The van der Waals surface area contributed by atoms with Gasteiger partial charge in [-0.3, -0.25) is 9.87 Å². The second-order valence-electron chi connectivity index (χ2n) is 2.95. The van der Waals surface area contributed by atoms with Crippen molar-refractivity contribution in [2.45, 2.75) is 19.4 Å². The molecule has 11 heavy (non-hydrogen) atoms. The standard InChI is InChI=1S/C5H13NO4S/c1-5(2,3-7)6-4-11(8,9)10/h6-7H,3-4H2,1-2H3,(H,8,9,10). The molecule has 0 heterocycles. The van der Waals surface area contributed by atoms with E-state index in [0.717, 1.165) is 0 Å². The van der Waals surface area contributed by atoms with Gasteiger partial charge in [-0.2, -0.15) is 8.42 Å². The molecule has 0 fully saturated rings. The fourth-order valence-electron chi connectivity index (χ4n) is 0.342. The summed E-state index contributed by atoms with van der Waals surface area (Å²) in [5.74, 6) is -0.541. The van der Waals surface area contributed by atoms with Crippen molar-refractivity contribution in [3.63, 3.8) is 0 Å². The van der Waals surface area contributed by atoms with Crippen LogP contribution in [0.25, 0.3) is 0 Å². The lowest BCUT2D eigenvalue weighted by Gasteiger charge is -2.22. The van der Waals surface area contributed by atoms with E-state index in [9.17, 15) is 8.42 Å². The summed E-state index contributed by atoms with van der Waals surface area (Å²) in [5.41, 5.74) is -0.685. The number of aliphatic hydroxyl groups excluding tert-OH is 1. The Morgan fingerprint density at radius 1 is 1.45 bits per heavy atom. The number of hydrogen-bond acceptors (Lipinski definition) is 4. The second-order valence-corrected chi connectivity index (χ2v) is 4.40. The Morgan fingerprint density at radius 2 is 1.91 bits per heavy atom. The van der Waals surface area contributed by atoms with E-state index in [-0.39, 0.29) is 6.61 Å². The van der Waals surface area contributed by atoms with Crippen LogP contribution >= 0.6 is 0 Å². The van der Waals surface area contributed by atoms with Crippen molar-refractivity contribution in [2.24, 2.45) is 0 Å². The van der Waals surface area contributed by atoms with Crippen LogP contribution in [0.5, 0.6) is 0 Å². The molecule has 0 aromatic heterocycles. The third kappa shape index (κ3) is 6.24. The average molecular weight is 183 g/mol. The van der Waals surface area contributed by atoms with Crippen LogP contribution in [-0.2, 0) is 10.1 Å². The molecule has 0 saturated heterocycles. The Bertz CT molecular complexity index is 209. The molecular weight excluding hydrogens is 170 g/mol. The maximum atomic E-state index is 10.2. The third-order valence-corrected chi connectivity index (χ3v) is 1.64. The maximum Gasteiger partial charge on any atom is 0.278 e. The summed E-state index contributed by atoms with van der Waals surface area (Å²) >= 11 is 0. The molecule has 5 nitrogen and oxygen atoms in total. The number of nitrogens with one attached hydrogen (secondary N) is 1. The van der Waals surface area contributed by atoms with E-state index >= 15 is 0 Å². The summed E-state index contributed by atoms with van der Waals surface area (Å²) in [5, 5.41) is 11.1. The summed E-state index contributed by atoms with van der Waals surface area (Å²) in [7, 11) is -3.99. The van der Waals surface area contributed by atoms with Crippen molar-refractivity contribution in [3.05, 3.63) is 0 Å². The summed E-state index contributed by atoms with van der Waals surface area (Å²) in [4.78, 5) is 0.